The molecule has 0 radical (unpaired) electrons. The number of carbonyl (C=O) groups excluding carboxylic acids is 2. The summed E-state index contributed by atoms with van der Waals surface area (Å²) < 4.78 is 6.94. The van der Waals surface area contributed by atoms with E-state index in [0.29, 0.717) is 19.6 Å². The molecule has 0 bridgehead atoms. The lowest BCUT2D eigenvalue weighted by Gasteiger charge is -2.13. The van der Waals surface area contributed by atoms with Crippen molar-refractivity contribution < 1.29 is 14.3 Å². The van der Waals surface area contributed by atoms with Crippen LogP contribution in [0.4, 0.5) is 0 Å². The second-order valence-corrected chi connectivity index (χ2v) is 5.96. The van der Waals surface area contributed by atoms with Gasteiger partial charge in [0, 0.05) is 18.9 Å². The molecule has 25 heavy (non-hydrogen) atoms. The van der Waals surface area contributed by atoms with Crippen LogP contribution in [-0.2, 0) is 27.3 Å². The van der Waals surface area contributed by atoms with Gasteiger partial charge < -0.3 is 14.6 Å². The molecule has 0 aliphatic heterocycles. The zero-order valence-corrected chi connectivity index (χ0v) is 15.2. The molecule has 1 aromatic carbocycles. The second-order valence-electron chi connectivity index (χ2n) is 5.96. The summed E-state index contributed by atoms with van der Waals surface area (Å²) in [4.78, 5) is 28.6. The van der Waals surface area contributed by atoms with Crippen LogP contribution in [0, 0.1) is 5.92 Å². The van der Waals surface area contributed by atoms with Crippen molar-refractivity contribution in [3.05, 3.63) is 30.1 Å². The minimum atomic E-state index is -0.284. The zero-order chi connectivity index (χ0) is 18.2. The van der Waals surface area contributed by atoms with Gasteiger partial charge in [-0.15, -0.1) is 0 Å². The van der Waals surface area contributed by atoms with Crippen LogP contribution in [0.15, 0.2) is 24.3 Å². The van der Waals surface area contributed by atoms with Gasteiger partial charge in [-0.1, -0.05) is 26.0 Å². The fourth-order valence-electron chi connectivity index (χ4n) is 2.93. The standard InChI is InChI=1S/C19H27N3O3/c1-4-14(5-2)19(24)20-12-11-17-21-15-9-7-8-10-16(15)22(17)13-18(23)25-6-3/h7-10,14H,4-6,11-13H2,1-3H3,(H,20,24). The van der Waals surface area contributed by atoms with Crippen molar-refractivity contribution in [2.45, 2.75) is 46.6 Å². The van der Waals surface area contributed by atoms with Crippen molar-refractivity contribution in [3.8, 4) is 0 Å². The first-order valence-corrected chi connectivity index (χ1v) is 8.98. The summed E-state index contributed by atoms with van der Waals surface area (Å²) in [5.41, 5.74) is 1.74. The molecule has 2 aromatic rings. The molecule has 2 rings (SSSR count). The van der Waals surface area contributed by atoms with Gasteiger partial charge in [-0.2, -0.15) is 0 Å². The third kappa shape index (κ3) is 4.81. The molecule has 0 spiro atoms. The molecule has 0 saturated carbocycles. The predicted octanol–water partition coefficient (Wildman–Crippen LogP) is 2.69. The number of hydrogen-bond acceptors (Lipinski definition) is 4. The van der Waals surface area contributed by atoms with Crippen LogP contribution < -0.4 is 5.32 Å². The Morgan fingerprint density at radius 2 is 1.92 bits per heavy atom. The maximum Gasteiger partial charge on any atom is 0.326 e. The van der Waals surface area contributed by atoms with E-state index in [2.05, 4.69) is 10.3 Å². The van der Waals surface area contributed by atoms with Gasteiger partial charge >= 0.3 is 5.97 Å². The van der Waals surface area contributed by atoms with Crippen molar-refractivity contribution in [1.29, 1.82) is 0 Å². The fraction of sp³-hybridized carbons (Fsp3) is 0.526. The van der Waals surface area contributed by atoms with E-state index in [-0.39, 0.29) is 24.3 Å². The molecule has 1 amide bonds. The molecule has 0 aliphatic rings. The highest BCUT2D eigenvalue weighted by atomic mass is 16.5. The lowest BCUT2D eigenvalue weighted by Crippen LogP contribution is -2.32. The number of para-hydroxylation sites is 2. The quantitative estimate of drug-likeness (QED) is 0.709. The topological polar surface area (TPSA) is 73.2 Å². The van der Waals surface area contributed by atoms with Crippen LogP contribution in [0.3, 0.4) is 0 Å². The van der Waals surface area contributed by atoms with Gasteiger partial charge in [0.05, 0.1) is 17.6 Å². The summed E-state index contributed by atoms with van der Waals surface area (Å²) in [5, 5.41) is 2.97. The molecule has 1 N–H and O–H groups in total. The number of carbonyl (C=O) groups is 2. The Bertz CT molecular complexity index is 720. The number of benzene rings is 1. The van der Waals surface area contributed by atoms with Crippen LogP contribution in [0.5, 0.6) is 0 Å². The summed E-state index contributed by atoms with van der Waals surface area (Å²) in [7, 11) is 0. The number of ether oxygens (including phenoxy) is 1. The third-order valence-electron chi connectivity index (χ3n) is 4.33. The molecule has 1 heterocycles. The van der Waals surface area contributed by atoms with Crippen molar-refractivity contribution in [1.82, 2.24) is 14.9 Å². The molecule has 136 valence electrons. The van der Waals surface area contributed by atoms with Crippen molar-refractivity contribution in [2.75, 3.05) is 13.2 Å². The van der Waals surface area contributed by atoms with Crippen LogP contribution in [-0.4, -0.2) is 34.6 Å². The van der Waals surface area contributed by atoms with Crippen molar-refractivity contribution in [2.24, 2.45) is 5.92 Å². The summed E-state index contributed by atoms with van der Waals surface area (Å²) in [6.45, 7) is 6.81. The molecule has 0 saturated heterocycles. The van der Waals surface area contributed by atoms with Gasteiger partial charge in [0.15, 0.2) is 0 Å². The van der Waals surface area contributed by atoms with Crippen LogP contribution in [0.2, 0.25) is 0 Å². The minimum absolute atomic E-state index is 0.0540. The predicted molar refractivity (Wildman–Crippen MR) is 97.2 cm³/mol. The number of amides is 1. The number of imidazole rings is 1. The number of nitrogens with one attached hydrogen (secondary N) is 1. The van der Waals surface area contributed by atoms with E-state index in [1.807, 2.05) is 42.7 Å². The summed E-state index contributed by atoms with van der Waals surface area (Å²) in [6.07, 6.45) is 2.24. The Balaban J connectivity index is 2.11. The fourth-order valence-corrected chi connectivity index (χ4v) is 2.93. The minimum Gasteiger partial charge on any atom is -0.465 e. The normalized spacial score (nSPS) is 11.0. The Morgan fingerprint density at radius 3 is 2.60 bits per heavy atom. The number of fused-ring (bicyclic) bond motifs is 1. The number of aromatic nitrogens is 2. The first-order valence-electron chi connectivity index (χ1n) is 8.98. The smallest absolute Gasteiger partial charge is 0.326 e. The summed E-state index contributed by atoms with van der Waals surface area (Å²) >= 11 is 0. The summed E-state index contributed by atoms with van der Waals surface area (Å²) in [5.74, 6) is 0.628. The van der Waals surface area contributed by atoms with Gasteiger partial charge in [-0.05, 0) is 31.9 Å². The zero-order valence-electron chi connectivity index (χ0n) is 15.2. The molecular formula is C19H27N3O3. The lowest BCUT2D eigenvalue weighted by atomic mass is 10.0. The van der Waals surface area contributed by atoms with E-state index in [0.717, 1.165) is 29.7 Å². The van der Waals surface area contributed by atoms with Gasteiger partial charge in [0.2, 0.25) is 5.91 Å². The monoisotopic (exact) mass is 345 g/mol. The first kappa shape index (κ1) is 19.0. The van der Waals surface area contributed by atoms with Gasteiger partial charge in [-0.25, -0.2) is 4.98 Å². The highest BCUT2D eigenvalue weighted by Crippen LogP contribution is 2.16. The third-order valence-corrected chi connectivity index (χ3v) is 4.33. The largest absolute Gasteiger partial charge is 0.465 e. The van der Waals surface area contributed by atoms with E-state index in [1.165, 1.54) is 0 Å². The van der Waals surface area contributed by atoms with E-state index >= 15 is 0 Å². The molecule has 6 heteroatoms. The van der Waals surface area contributed by atoms with E-state index in [1.54, 1.807) is 6.92 Å². The average molecular weight is 345 g/mol. The summed E-state index contributed by atoms with van der Waals surface area (Å²) in [6, 6.07) is 7.70. The maximum atomic E-state index is 12.1. The van der Waals surface area contributed by atoms with E-state index in [4.69, 9.17) is 4.74 Å². The molecule has 6 nitrogen and oxygen atoms in total. The SMILES string of the molecule is CCOC(=O)Cn1c(CCNC(=O)C(CC)CC)nc2ccccc21. The van der Waals surface area contributed by atoms with Crippen molar-refractivity contribution >= 4 is 22.9 Å². The van der Waals surface area contributed by atoms with Gasteiger partial charge in [0.25, 0.3) is 0 Å². The molecule has 0 unspecified atom stereocenters. The van der Waals surface area contributed by atoms with Gasteiger partial charge in [-0.3, -0.25) is 9.59 Å². The molecule has 0 fully saturated rings. The Labute approximate surface area is 148 Å². The Morgan fingerprint density at radius 1 is 1.20 bits per heavy atom. The van der Waals surface area contributed by atoms with Crippen LogP contribution in [0.25, 0.3) is 11.0 Å². The maximum absolute atomic E-state index is 12.1. The molecule has 0 atom stereocenters. The Hall–Kier alpha value is -2.37. The highest BCUT2D eigenvalue weighted by Gasteiger charge is 2.16. The highest BCUT2D eigenvalue weighted by molar-refractivity contribution is 5.79. The molecule has 1 aromatic heterocycles. The van der Waals surface area contributed by atoms with E-state index < -0.39 is 0 Å². The molecule has 0 aliphatic carbocycles. The first-order chi connectivity index (χ1) is 12.1. The number of hydrogen-bond donors (Lipinski definition) is 1. The Kier molecular flexibility index (Phi) is 6.98. The van der Waals surface area contributed by atoms with Gasteiger partial charge in [0.1, 0.15) is 12.4 Å². The lowest BCUT2D eigenvalue weighted by molar-refractivity contribution is -0.143. The van der Waals surface area contributed by atoms with Crippen LogP contribution >= 0.6 is 0 Å². The van der Waals surface area contributed by atoms with Crippen LogP contribution in [0.1, 0.15) is 39.4 Å². The second kappa shape index (κ2) is 9.20. The molecular weight excluding hydrogens is 318 g/mol. The number of rotatable bonds is 9. The van der Waals surface area contributed by atoms with Crippen molar-refractivity contribution in [3.63, 3.8) is 0 Å². The average Bonchev–Trinajstić information content (AvgIpc) is 2.94. The number of esters is 1. The van der Waals surface area contributed by atoms with E-state index in [9.17, 15) is 9.59 Å². The number of nitrogens with zero attached hydrogens (tertiary/aromatic N) is 2.